The van der Waals surface area contributed by atoms with E-state index < -0.39 is 0 Å². The van der Waals surface area contributed by atoms with E-state index in [1.807, 2.05) is 24.6 Å². The number of amides is 1. The quantitative estimate of drug-likeness (QED) is 0.891. The Balaban J connectivity index is 1.56. The maximum atomic E-state index is 12.5. The summed E-state index contributed by atoms with van der Waals surface area (Å²) in [5.41, 5.74) is 3.29. The molecule has 0 spiro atoms. The van der Waals surface area contributed by atoms with Gasteiger partial charge >= 0.3 is 0 Å². The summed E-state index contributed by atoms with van der Waals surface area (Å²) in [6, 6.07) is 6.20. The normalized spacial score (nSPS) is 15.6. The van der Waals surface area contributed by atoms with Gasteiger partial charge in [0.15, 0.2) is 5.13 Å². The van der Waals surface area contributed by atoms with E-state index in [-0.39, 0.29) is 5.91 Å². The number of benzene rings is 1. The molecule has 6 heteroatoms. The third-order valence-corrected chi connectivity index (χ3v) is 5.45. The average molecular weight is 359 g/mol. The van der Waals surface area contributed by atoms with E-state index in [1.54, 1.807) is 11.3 Å². The highest BCUT2D eigenvalue weighted by Crippen LogP contribution is 2.27. The highest BCUT2D eigenvalue weighted by molar-refractivity contribution is 7.13. The van der Waals surface area contributed by atoms with E-state index in [0.717, 1.165) is 42.6 Å². The van der Waals surface area contributed by atoms with Crippen LogP contribution in [0.5, 0.6) is 0 Å². The fourth-order valence-electron chi connectivity index (χ4n) is 3.19. The molecule has 2 aromatic rings. The summed E-state index contributed by atoms with van der Waals surface area (Å²) in [5, 5.41) is 6.22. The van der Waals surface area contributed by atoms with Crippen molar-refractivity contribution < 1.29 is 4.79 Å². The lowest BCUT2D eigenvalue weighted by atomic mass is 9.98. The monoisotopic (exact) mass is 358 g/mol. The van der Waals surface area contributed by atoms with Gasteiger partial charge in [-0.25, -0.2) is 4.98 Å². The number of para-hydroxylation sites is 1. The lowest BCUT2D eigenvalue weighted by Gasteiger charge is -2.34. The third-order valence-electron chi connectivity index (χ3n) is 4.62. The summed E-state index contributed by atoms with van der Waals surface area (Å²) < 4.78 is 0. The molecule has 1 N–H and O–H groups in total. The SMILES string of the molecule is Cc1cccc(C(C)C)c1NC(=O)CN1CCN(c2nccs2)CC1. The van der Waals surface area contributed by atoms with E-state index in [0.29, 0.717) is 12.5 Å². The molecule has 0 bridgehead atoms. The number of nitrogens with zero attached hydrogens (tertiary/aromatic N) is 3. The predicted octanol–water partition coefficient (Wildman–Crippen LogP) is 3.34. The molecule has 0 atom stereocenters. The molecule has 25 heavy (non-hydrogen) atoms. The van der Waals surface area contributed by atoms with E-state index in [2.05, 4.69) is 46.1 Å². The maximum absolute atomic E-state index is 12.5. The first-order valence-electron chi connectivity index (χ1n) is 8.80. The summed E-state index contributed by atoms with van der Waals surface area (Å²) in [4.78, 5) is 21.4. The maximum Gasteiger partial charge on any atom is 0.238 e. The van der Waals surface area contributed by atoms with Gasteiger partial charge in [-0.1, -0.05) is 32.0 Å². The number of rotatable bonds is 5. The molecule has 1 aliphatic heterocycles. The molecule has 1 aliphatic rings. The van der Waals surface area contributed by atoms with Crippen molar-refractivity contribution in [2.45, 2.75) is 26.7 Å². The van der Waals surface area contributed by atoms with Crippen LogP contribution in [0, 0.1) is 6.92 Å². The van der Waals surface area contributed by atoms with E-state index >= 15 is 0 Å². The fraction of sp³-hybridized carbons (Fsp3) is 0.474. The lowest BCUT2D eigenvalue weighted by molar-refractivity contribution is -0.117. The van der Waals surface area contributed by atoms with Crippen molar-refractivity contribution in [3.05, 3.63) is 40.9 Å². The first kappa shape index (κ1) is 17.9. The fourth-order valence-corrected chi connectivity index (χ4v) is 3.89. The number of piperazine rings is 1. The van der Waals surface area contributed by atoms with Crippen LogP contribution in [0.3, 0.4) is 0 Å². The number of nitrogens with one attached hydrogen (secondary N) is 1. The molecule has 5 nitrogen and oxygen atoms in total. The van der Waals surface area contributed by atoms with Crippen molar-refractivity contribution in [2.24, 2.45) is 0 Å². The lowest BCUT2D eigenvalue weighted by Crippen LogP contribution is -2.48. The van der Waals surface area contributed by atoms with Gasteiger partial charge in [0.2, 0.25) is 5.91 Å². The number of thiazole rings is 1. The molecule has 1 aromatic carbocycles. The largest absolute Gasteiger partial charge is 0.346 e. The molecule has 1 amide bonds. The van der Waals surface area contributed by atoms with Crippen LogP contribution in [0.2, 0.25) is 0 Å². The topological polar surface area (TPSA) is 48.5 Å². The van der Waals surface area contributed by atoms with E-state index in [1.165, 1.54) is 5.56 Å². The Morgan fingerprint density at radius 2 is 2.04 bits per heavy atom. The van der Waals surface area contributed by atoms with Crippen LogP contribution < -0.4 is 10.2 Å². The highest BCUT2D eigenvalue weighted by Gasteiger charge is 2.21. The molecule has 1 saturated heterocycles. The van der Waals surface area contributed by atoms with Gasteiger partial charge < -0.3 is 10.2 Å². The van der Waals surface area contributed by atoms with Gasteiger partial charge in [0, 0.05) is 43.4 Å². The van der Waals surface area contributed by atoms with Crippen LogP contribution in [-0.4, -0.2) is 48.5 Å². The molecule has 0 saturated carbocycles. The van der Waals surface area contributed by atoms with Gasteiger partial charge in [-0.15, -0.1) is 11.3 Å². The van der Waals surface area contributed by atoms with Crippen LogP contribution in [0.1, 0.15) is 30.9 Å². The van der Waals surface area contributed by atoms with Crippen molar-refractivity contribution in [1.82, 2.24) is 9.88 Å². The van der Waals surface area contributed by atoms with Crippen LogP contribution in [0.15, 0.2) is 29.8 Å². The molecule has 1 fully saturated rings. The van der Waals surface area contributed by atoms with Crippen LogP contribution in [0.4, 0.5) is 10.8 Å². The number of carbonyl (C=O) groups is 1. The molecule has 0 radical (unpaired) electrons. The minimum atomic E-state index is 0.0684. The van der Waals surface area contributed by atoms with Gasteiger partial charge in [0.1, 0.15) is 0 Å². The van der Waals surface area contributed by atoms with Gasteiger partial charge in [-0.3, -0.25) is 9.69 Å². The highest BCUT2D eigenvalue weighted by atomic mass is 32.1. The smallest absolute Gasteiger partial charge is 0.238 e. The van der Waals surface area contributed by atoms with Crippen molar-refractivity contribution in [3.63, 3.8) is 0 Å². The molecule has 134 valence electrons. The Morgan fingerprint density at radius 1 is 1.28 bits per heavy atom. The van der Waals surface area contributed by atoms with Crippen molar-refractivity contribution in [2.75, 3.05) is 42.9 Å². The van der Waals surface area contributed by atoms with Gasteiger partial charge in [0.05, 0.1) is 6.54 Å². The summed E-state index contributed by atoms with van der Waals surface area (Å²) in [7, 11) is 0. The number of hydrogen-bond donors (Lipinski definition) is 1. The molecule has 3 rings (SSSR count). The molecule has 1 aromatic heterocycles. The zero-order valence-corrected chi connectivity index (χ0v) is 16.0. The number of carbonyl (C=O) groups excluding carboxylic acids is 1. The van der Waals surface area contributed by atoms with Gasteiger partial charge in [-0.05, 0) is 24.0 Å². The summed E-state index contributed by atoms with van der Waals surface area (Å²) in [6.45, 7) is 10.4. The Morgan fingerprint density at radius 3 is 2.68 bits per heavy atom. The predicted molar refractivity (Wildman–Crippen MR) is 105 cm³/mol. The van der Waals surface area contributed by atoms with Crippen molar-refractivity contribution in [1.29, 1.82) is 0 Å². The number of aromatic nitrogens is 1. The Bertz CT molecular complexity index is 706. The molecular formula is C19H26N4OS. The molecule has 0 aliphatic carbocycles. The minimum absolute atomic E-state index is 0.0684. The van der Waals surface area contributed by atoms with Crippen LogP contribution >= 0.6 is 11.3 Å². The zero-order chi connectivity index (χ0) is 17.8. The average Bonchev–Trinajstić information content (AvgIpc) is 3.11. The van der Waals surface area contributed by atoms with Crippen LogP contribution in [-0.2, 0) is 4.79 Å². The summed E-state index contributed by atoms with van der Waals surface area (Å²) >= 11 is 1.67. The molecule has 0 unspecified atom stereocenters. The standard InChI is InChI=1S/C19H26N4OS/c1-14(2)16-6-4-5-15(3)18(16)21-17(24)13-22-8-10-23(11-9-22)19-20-7-12-25-19/h4-7,12,14H,8-11,13H2,1-3H3,(H,21,24). The van der Waals surface area contributed by atoms with Crippen molar-refractivity contribution >= 4 is 28.1 Å². The number of hydrogen-bond acceptors (Lipinski definition) is 5. The van der Waals surface area contributed by atoms with Gasteiger partial charge in [-0.2, -0.15) is 0 Å². The second-order valence-corrected chi connectivity index (χ2v) is 7.69. The number of anilines is 2. The van der Waals surface area contributed by atoms with Gasteiger partial charge in [0.25, 0.3) is 0 Å². The summed E-state index contributed by atoms with van der Waals surface area (Å²) in [5.74, 6) is 0.455. The van der Waals surface area contributed by atoms with Crippen LogP contribution in [0.25, 0.3) is 0 Å². The zero-order valence-electron chi connectivity index (χ0n) is 15.2. The summed E-state index contributed by atoms with van der Waals surface area (Å²) in [6.07, 6.45) is 1.84. The van der Waals surface area contributed by atoms with Crippen molar-refractivity contribution in [3.8, 4) is 0 Å². The van der Waals surface area contributed by atoms with E-state index in [4.69, 9.17) is 0 Å². The second-order valence-electron chi connectivity index (χ2n) is 6.82. The second kappa shape index (κ2) is 7.97. The Hall–Kier alpha value is -1.92. The Kier molecular flexibility index (Phi) is 5.71. The first-order valence-corrected chi connectivity index (χ1v) is 9.68. The first-order chi connectivity index (χ1) is 12.0. The molecule has 2 heterocycles. The molecular weight excluding hydrogens is 332 g/mol. The minimum Gasteiger partial charge on any atom is -0.346 e. The number of aryl methyl sites for hydroxylation is 1. The Labute approximate surface area is 153 Å². The van der Waals surface area contributed by atoms with E-state index in [9.17, 15) is 4.79 Å². The third kappa shape index (κ3) is 4.38.